The molecule has 1 aromatic carbocycles. The number of nitrogens with zero attached hydrogens (tertiary/aromatic N) is 5. The number of piperazine rings is 1. The number of thioether (sulfide) groups is 1. The van der Waals surface area contributed by atoms with Gasteiger partial charge in [0.1, 0.15) is 21.8 Å². The molecular formula is C26H29N5O2S2. The number of carbonyl (C=O) groups is 1. The molecule has 35 heavy (non-hydrogen) atoms. The van der Waals surface area contributed by atoms with Crippen LogP contribution in [0.15, 0.2) is 40.0 Å². The lowest BCUT2D eigenvalue weighted by atomic mass is 10.0. The zero-order valence-electron chi connectivity index (χ0n) is 20.3. The van der Waals surface area contributed by atoms with Crippen molar-refractivity contribution in [3.63, 3.8) is 0 Å². The highest BCUT2D eigenvalue weighted by Crippen LogP contribution is 2.35. The predicted molar refractivity (Wildman–Crippen MR) is 147 cm³/mol. The molecule has 182 valence electrons. The van der Waals surface area contributed by atoms with Crippen LogP contribution in [-0.4, -0.2) is 52.9 Å². The summed E-state index contributed by atoms with van der Waals surface area (Å²) in [5.41, 5.74) is 2.40. The van der Waals surface area contributed by atoms with Crippen LogP contribution >= 0.6 is 24.0 Å². The van der Waals surface area contributed by atoms with Crippen LogP contribution in [0.3, 0.4) is 0 Å². The number of thiocarbonyl (C=S) groups is 1. The number of rotatable bonds is 6. The van der Waals surface area contributed by atoms with E-state index in [1.54, 1.807) is 18.5 Å². The number of hydrogen-bond acceptors (Lipinski definition) is 7. The minimum Gasteiger partial charge on any atom is -0.368 e. The van der Waals surface area contributed by atoms with Gasteiger partial charge < -0.3 is 9.80 Å². The number of nitriles is 1. The monoisotopic (exact) mass is 507 g/mol. The van der Waals surface area contributed by atoms with E-state index in [-0.39, 0.29) is 17.0 Å². The van der Waals surface area contributed by atoms with Crippen molar-refractivity contribution >= 4 is 51.8 Å². The highest BCUT2D eigenvalue weighted by atomic mass is 32.2. The van der Waals surface area contributed by atoms with Crippen molar-refractivity contribution in [2.75, 3.05) is 43.0 Å². The summed E-state index contributed by atoms with van der Waals surface area (Å²) in [6, 6.07) is 12.4. The third-order valence-electron chi connectivity index (χ3n) is 6.54. The first-order valence-corrected chi connectivity index (χ1v) is 13.0. The van der Waals surface area contributed by atoms with Crippen LogP contribution in [0.5, 0.6) is 0 Å². The number of likely N-dealkylation sites (N-methyl/N-ethyl adjacent to an activating group) is 1. The Morgan fingerprint density at radius 3 is 2.34 bits per heavy atom. The number of pyridine rings is 1. The largest absolute Gasteiger partial charge is 0.368 e. The van der Waals surface area contributed by atoms with Crippen molar-refractivity contribution in [2.45, 2.75) is 33.2 Å². The normalized spacial score (nSPS) is 17.4. The van der Waals surface area contributed by atoms with Gasteiger partial charge in [0.05, 0.1) is 4.91 Å². The first-order valence-electron chi connectivity index (χ1n) is 11.8. The van der Waals surface area contributed by atoms with Gasteiger partial charge in [0.2, 0.25) is 0 Å². The van der Waals surface area contributed by atoms with Gasteiger partial charge in [-0.1, -0.05) is 55.5 Å². The standard InChI is InChI=1S/C26H29N5O2S2/c1-4-5-11-31-23(30-14-12-29(13-15-30)19-9-7-6-8-10-19)20(18(2)21(17-27)24(31)32)16-22-25(33)28(3)26(34)35-22/h6-10,16H,4-5,11-15H2,1-3H3. The number of amides is 1. The summed E-state index contributed by atoms with van der Waals surface area (Å²) in [5.74, 6) is 0.623. The molecule has 0 spiro atoms. The Kier molecular flexibility index (Phi) is 7.63. The van der Waals surface area contributed by atoms with Crippen molar-refractivity contribution in [3.05, 3.63) is 62.3 Å². The van der Waals surface area contributed by atoms with Crippen molar-refractivity contribution in [3.8, 4) is 6.07 Å². The van der Waals surface area contributed by atoms with Crippen LogP contribution < -0.4 is 15.4 Å². The van der Waals surface area contributed by atoms with Gasteiger partial charge >= 0.3 is 0 Å². The van der Waals surface area contributed by atoms with E-state index in [4.69, 9.17) is 12.2 Å². The lowest BCUT2D eigenvalue weighted by Gasteiger charge is -2.39. The summed E-state index contributed by atoms with van der Waals surface area (Å²) in [6.45, 7) is 7.46. The van der Waals surface area contributed by atoms with E-state index in [0.717, 1.165) is 50.4 Å². The van der Waals surface area contributed by atoms with Crippen LogP contribution in [-0.2, 0) is 11.3 Å². The fourth-order valence-electron chi connectivity index (χ4n) is 4.50. The first-order chi connectivity index (χ1) is 16.9. The Bertz CT molecular complexity index is 1270. The van der Waals surface area contributed by atoms with Gasteiger partial charge in [-0.15, -0.1) is 0 Å². The molecule has 1 aromatic heterocycles. The molecule has 1 amide bonds. The number of unbranched alkanes of at least 4 members (excludes halogenated alkanes) is 1. The van der Waals surface area contributed by atoms with Crippen molar-refractivity contribution in [1.29, 1.82) is 5.26 Å². The maximum absolute atomic E-state index is 13.4. The van der Waals surface area contributed by atoms with Gasteiger partial charge in [-0.2, -0.15) is 5.26 Å². The summed E-state index contributed by atoms with van der Waals surface area (Å²) in [7, 11) is 1.66. The van der Waals surface area contributed by atoms with E-state index < -0.39 is 0 Å². The van der Waals surface area contributed by atoms with E-state index in [1.165, 1.54) is 22.3 Å². The van der Waals surface area contributed by atoms with Crippen molar-refractivity contribution in [1.82, 2.24) is 9.47 Å². The average molecular weight is 508 g/mol. The number of anilines is 2. The Balaban J connectivity index is 1.81. The molecule has 0 aliphatic carbocycles. The number of benzene rings is 1. The predicted octanol–water partition coefficient (Wildman–Crippen LogP) is 3.99. The van der Waals surface area contributed by atoms with Gasteiger partial charge in [-0.25, -0.2) is 0 Å². The number of carbonyl (C=O) groups excluding carboxylic acids is 1. The maximum Gasteiger partial charge on any atom is 0.270 e. The molecule has 0 unspecified atom stereocenters. The molecule has 2 aromatic rings. The highest BCUT2D eigenvalue weighted by Gasteiger charge is 2.31. The van der Waals surface area contributed by atoms with Crippen molar-refractivity contribution < 1.29 is 4.79 Å². The third-order valence-corrected chi connectivity index (χ3v) is 8.03. The zero-order chi connectivity index (χ0) is 25.1. The highest BCUT2D eigenvalue weighted by molar-refractivity contribution is 8.26. The molecule has 4 rings (SSSR count). The smallest absolute Gasteiger partial charge is 0.270 e. The molecule has 0 saturated carbocycles. The van der Waals surface area contributed by atoms with Gasteiger partial charge in [0.15, 0.2) is 0 Å². The molecular weight excluding hydrogens is 478 g/mol. The minimum atomic E-state index is -0.265. The van der Waals surface area contributed by atoms with Crippen LogP contribution in [0.1, 0.15) is 36.5 Å². The van der Waals surface area contributed by atoms with Crippen molar-refractivity contribution in [2.24, 2.45) is 0 Å². The summed E-state index contributed by atoms with van der Waals surface area (Å²) in [5, 5.41) is 9.83. The van der Waals surface area contributed by atoms with Crippen LogP contribution in [0.2, 0.25) is 0 Å². The molecule has 3 heterocycles. The topological polar surface area (TPSA) is 72.6 Å². The molecule has 2 fully saturated rings. The number of hydrogen-bond donors (Lipinski definition) is 0. The summed E-state index contributed by atoms with van der Waals surface area (Å²) >= 11 is 6.57. The summed E-state index contributed by atoms with van der Waals surface area (Å²) in [6.07, 6.45) is 3.56. The molecule has 7 nitrogen and oxygen atoms in total. The second-order valence-corrected chi connectivity index (χ2v) is 10.4. The molecule has 0 radical (unpaired) electrons. The van der Waals surface area contributed by atoms with E-state index in [9.17, 15) is 14.9 Å². The fourth-order valence-corrected chi connectivity index (χ4v) is 5.66. The van der Waals surface area contributed by atoms with Crippen LogP contribution in [0.25, 0.3) is 6.08 Å². The minimum absolute atomic E-state index is 0.131. The summed E-state index contributed by atoms with van der Waals surface area (Å²) in [4.78, 5) is 32.7. The average Bonchev–Trinajstić information content (AvgIpc) is 3.12. The second-order valence-electron chi connectivity index (χ2n) is 8.71. The van der Waals surface area contributed by atoms with E-state index in [2.05, 4.69) is 34.9 Å². The lowest BCUT2D eigenvalue weighted by molar-refractivity contribution is -0.121. The Morgan fingerprint density at radius 1 is 1.11 bits per heavy atom. The Hall–Kier alpha value is -3.09. The molecule has 2 aliphatic heterocycles. The van der Waals surface area contributed by atoms with Gasteiger partial charge in [0.25, 0.3) is 11.5 Å². The van der Waals surface area contributed by atoms with E-state index in [0.29, 0.717) is 21.3 Å². The lowest BCUT2D eigenvalue weighted by Crippen LogP contribution is -2.48. The molecule has 0 atom stereocenters. The summed E-state index contributed by atoms with van der Waals surface area (Å²) < 4.78 is 2.24. The Morgan fingerprint density at radius 2 is 1.77 bits per heavy atom. The SMILES string of the molecule is CCCCn1c(N2CCN(c3ccccc3)CC2)c(C=C2SC(=S)N(C)C2=O)c(C)c(C#N)c1=O. The first kappa shape index (κ1) is 25.0. The number of para-hydroxylation sites is 1. The fraction of sp³-hybridized carbons (Fsp3) is 0.385. The maximum atomic E-state index is 13.4. The van der Waals surface area contributed by atoms with Crippen LogP contribution in [0.4, 0.5) is 11.5 Å². The zero-order valence-corrected chi connectivity index (χ0v) is 21.9. The molecule has 2 saturated heterocycles. The molecule has 0 bridgehead atoms. The quantitative estimate of drug-likeness (QED) is 0.432. The van der Waals surface area contributed by atoms with Gasteiger partial charge in [0, 0.05) is 51.0 Å². The second kappa shape index (κ2) is 10.7. The van der Waals surface area contributed by atoms with E-state index >= 15 is 0 Å². The third kappa shape index (κ3) is 4.86. The molecule has 0 N–H and O–H groups in total. The van der Waals surface area contributed by atoms with Gasteiger partial charge in [-0.3, -0.25) is 19.1 Å². The number of aromatic nitrogens is 1. The van der Waals surface area contributed by atoms with Gasteiger partial charge in [-0.05, 0) is 37.1 Å². The molecule has 9 heteroatoms. The Labute approximate surface area is 215 Å². The van der Waals surface area contributed by atoms with Crippen LogP contribution in [0, 0.1) is 18.3 Å². The van der Waals surface area contributed by atoms with E-state index in [1.807, 2.05) is 24.3 Å². The molecule has 2 aliphatic rings.